The van der Waals surface area contributed by atoms with Gasteiger partial charge in [-0.2, -0.15) is 0 Å². The standard InChI is InChI=1S/C42H42N6O6/c1-22(2)19-52-34-16-31-40(49)47-29-14-8-11-26-36(54-21-24(5)6)18-33(45-38(26)29)42(51)48-30-15-9-12-27-35(53-20-23(3)4)17-32(44-39(27)30)41(50)46-28-13-7-10-25(34)37(28)43-31/h7-18,22-24H,19-21H2,1-6H3,(H,46,50)(H,47,49)(H,48,51). The minimum Gasteiger partial charge on any atom is -0.493 e. The summed E-state index contributed by atoms with van der Waals surface area (Å²) in [5.74, 6) is 1.89. The first-order valence-corrected chi connectivity index (χ1v) is 18.1. The molecule has 7 aromatic rings. The quantitative estimate of drug-likeness (QED) is 0.136. The number of nitrogens with zero attached hydrogens (tertiary/aromatic N) is 3. The normalized spacial score (nSPS) is 11.7. The lowest BCUT2D eigenvalue weighted by molar-refractivity contribution is 0.274. The first kappa shape index (κ1) is 36.1. The van der Waals surface area contributed by atoms with Gasteiger partial charge in [-0.3, -0.25) is 14.4 Å². The number of para-hydroxylation sites is 3. The highest BCUT2D eigenvalue weighted by molar-refractivity contribution is 6.00. The van der Waals surface area contributed by atoms with Crippen molar-refractivity contribution in [3.05, 3.63) is 104 Å². The number of hydrogen-bond acceptors (Lipinski definition) is 9. The number of aromatic amines is 3. The van der Waals surface area contributed by atoms with Crippen LogP contribution in [0.15, 0.2) is 87.2 Å². The monoisotopic (exact) mass is 726 g/mol. The van der Waals surface area contributed by atoms with Gasteiger partial charge in [-0.15, -0.1) is 0 Å². The van der Waals surface area contributed by atoms with Gasteiger partial charge in [0.2, 0.25) is 0 Å². The Labute approximate surface area is 309 Å². The van der Waals surface area contributed by atoms with E-state index in [0.717, 1.165) is 0 Å². The van der Waals surface area contributed by atoms with E-state index in [1.807, 2.05) is 59.7 Å². The fraction of sp³-hybridized carbons (Fsp3) is 0.286. The van der Waals surface area contributed by atoms with E-state index in [-0.39, 0.29) is 34.3 Å². The van der Waals surface area contributed by atoms with Gasteiger partial charge in [-0.1, -0.05) is 59.7 Å². The van der Waals surface area contributed by atoms with Crippen LogP contribution in [0, 0.1) is 17.8 Å². The molecule has 0 saturated carbocycles. The van der Waals surface area contributed by atoms with Crippen molar-refractivity contribution in [2.75, 3.05) is 19.8 Å². The van der Waals surface area contributed by atoms with Crippen LogP contribution in [0.25, 0.3) is 65.8 Å². The number of rotatable bonds is 9. The Morgan fingerprint density at radius 1 is 0.463 bits per heavy atom. The molecule has 3 aromatic carbocycles. The molecule has 0 unspecified atom stereocenters. The Hall–Kier alpha value is -6.30. The number of fused-ring (bicyclic) bond motifs is 3. The molecule has 12 heteroatoms. The molecule has 0 aliphatic heterocycles. The van der Waals surface area contributed by atoms with E-state index in [9.17, 15) is 14.4 Å². The van der Waals surface area contributed by atoms with E-state index in [2.05, 4.69) is 15.0 Å². The van der Waals surface area contributed by atoms with Gasteiger partial charge >= 0.3 is 0 Å². The molecule has 0 amide bonds. The third kappa shape index (κ3) is 7.45. The maximum Gasteiger partial charge on any atom is 0.274 e. The molecule has 276 valence electrons. The molecular formula is C42H42N6O6. The fourth-order valence-electron chi connectivity index (χ4n) is 5.99. The zero-order valence-corrected chi connectivity index (χ0v) is 31.1. The minimum atomic E-state index is -0.546. The molecule has 0 atom stereocenters. The maximum atomic E-state index is 14.1. The van der Waals surface area contributed by atoms with E-state index in [0.29, 0.717) is 86.3 Å². The second kappa shape index (κ2) is 15.0. The Morgan fingerprint density at radius 3 is 1.00 bits per heavy atom. The predicted octanol–water partition coefficient (Wildman–Crippen LogP) is 7.65. The minimum absolute atomic E-state index is 0.0455. The third-order valence-electron chi connectivity index (χ3n) is 8.56. The number of aromatic nitrogens is 6. The van der Waals surface area contributed by atoms with Gasteiger partial charge in [0.1, 0.15) is 33.8 Å². The summed E-state index contributed by atoms with van der Waals surface area (Å²) in [6, 6.07) is 20.7. The molecule has 4 heterocycles. The predicted molar refractivity (Wildman–Crippen MR) is 214 cm³/mol. The van der Waals surface area contributed by atoms with Crippen molar-refractivity contribution in [1.29, 1.82) is 0 Å². The van der Waals surface area contributed by atoms with Crippen molar-refractivity contribution >= 4 is 65.8 Å². The molecule has 12 nitrogen and oxygen atoms in total. The third-order valence-corrected chi connectivity index (χ3v) is 8.56. The topological polar surface area (TPSA) is 165 Å². The van der Waals surface area contributed by atoms with Crippen molar-refractivity contribution in [3.63, 3.8) is 0 Å². The maximum absolute atomic E-state index is 14.1. The van der Waals surface area contributed by atoms with E-state index in [1.54, 1.807) is 54.6 Å². The van der Waals surface area contributed by atoms with E-state index < -0.39 is 16.7 Å². The van der Waals surface area contributed by atoms with Crippen LogP contribution in [-0.2, 0) is 0 Å². The molecule has 0 aliphatic carbocycles. The first-order valence-electron chi connectivity index (χ1n) is 18.1. The van der Waals surface area contributed by atoms with Crippen LogP contribution in [-0.4, -0.2) is 49.7 Å². The SMILES string of the molecule is CC(C)COc1cc2nc3c(cccc13)[nH]c(=O)c1cc(OCC(C)C)c3cccc([nH]c(=O)c4cc(OCC(C)C)c5cccc([nH]c2=O)c5n4)c3n1. The van der Waals surface area contributed by atoms with Crippen LogP contribution < -0.4 is 30.9 Å². The number of hydrogen-bond donors (Lipinski definition) is 3. The average Bonchev–Trinajstić information content (AvgIpc) is 3.14. The Kier molecular flexibility index (Phi) is 10.0. The van der Waals surface area contributed by atoms with Crippen molar-refractivity contribution in [2.45, 2.75) is 41.5 Å². The molecule has 0 radical (unpaired) electrons. The Balaban J connectivity index is 1.70. The highest BCUT2D eigenvalue weighted by Crippen LogP contribution is 2.30. The molecule has 4 aromatic heterocycles. The summed E-state index contributed by atoms with van der Waals surface area (Å²) < 4.78 is 18.7. The molecule has 6 bridgehead atoms. The molecule has 54 heavy (non-hydrogen) atoms. The molecule has 0 saturated heterocycles. The van der Waals surface area contributed by atoms with Gasteiger partial charge in [0.05, 0.1) is 52.9 Å². The first-order chi connectivity index (χ1) is 25.9. The number of nitrogens with one attached hydrogen (secondary N) is 3. The summed E-state index contributed by atoms with van der Waals surface area (Å²) >= 11 is 0. The van der Waals surface area contributed by atoms with Crippen molar-refractivity contribution < 1.29 is 14.2 Å². The summed E-state index contributed by atoms with van der Waals surface area (Å²) in [7, 11) is 0. The number of benzene rings is 3. The highest BCUT2D eigenvalue weighted by atomic mass is 16.5. The van der Waals surface area contributed by atoms with Crippen molar-refractivity contribution in [2.24, 2.45) is 17.8 Å². The van der Waals surface area contributed by atoms with E-state index in [4.69, 9.17) is 29.2 Å². The lowest BCUT2D eigenvalue weighted by Gasteiger charge is -2.12. The van der Waals surface area contributed by atoms with Gasteiger partial charge in [0.25, 0.3) is 16.7 Å². The summed E-state index contributed by atoms with van der Waals surface area (Å²) in [6.45, 7) is 13.3. The van der Waals surface area contributed by atoms with E-state index in [1.165, 1.54) is 0 Å². The van der Waals surface area contributed by atoms with Gasteiger partial charge in [0.15, 0.2) is 0 Å². The van der Waals surface area contributed by atoms with Crippen LogP contribution in [0.2, 0.25) is 0 Å². The Bertz CT molecular complexity index is 2550. The van der Waals surface area contributed by atoms with Crippen LogP contribution in [0.3, 0.4) is 0 Å². The van der Waals surface area contributed by atoms with Gasteiger partial charge in [0, 0.05) is 34.4 Å². The molecular weight excluding hydrogens is 684 g/mol. The lowest BCUT2D eigenvalue weighted by Crippen LogP contribution is -2.11. The van der Waals surface area contributed by atoms with Gasteiger partial charge < -0.3 is 29.2 Å². The molecule has 7 rings (SSSR count). The molecule has 0 spiro atoms. The molecule has 3 N–H and O–H groups in total. The van der Waals surface area contributed by atoms with Crippen LogP contribution in [0.5, 0.6) is 17.2 Å². The smallest absolute Gasteiger partial charge is 0.274 e. The highest BCUT2D eigenvalue weighted by Gasteiger charge is 2.14. The fourth-order valence-corrected chi connectivity index (χ4v) is 5.99. The number of H-pyrrole nitrogens is 3. The zero-order valence-electron chi connectivity index (χ0n) is 31.1. The Morgan fingerprint density at radius 2 is 0.741 bits per heavy atom. The summed E-state index contributed by atoms with van der Waals surface area (Å²) in [6.07, 6.45) is 0. The van der Waals surface area contributed by atoms with Crippen LogP contribution in [0.1, 0.15) is 41.5 Å². The second-order valence-corrected chi connectivity index (χ2v) is 14.6. The zero-order chi connectivity index (χ0) is 38.1. The van der Waals surface area contributed by atoms with Gasteiger partial charge in [-0.25, -0.2) is 15.0 Å². The van der Waals surface area contributed by atoms with Crippen LogP contribution in [0.4, 0.5) is 0 Å². The molecule has 0 fully saturated rings. The van der Waals surface area contributed by atoms with Crippen molar-refractivity contribution in [1.82, 2.24) is 29.9 Å². The van der Waals surface area contributed by atoms with E-state index >= 15 is 0 Å². The lowest BCUT2D eigenvalue weighted by atomic mass is 10.1. The largest absolute Gasteiger partial charge is 0.493 e. The van der Waals surface area contributed by atoms with Gasteiger partial charge in [-0.05, 0) is 54.2 Å². The summed E-state index contributed by atoms with van der Waals surface area (Å²) in [5, 5.41) is 1.83. The molecule has 0 aliphatic rings. The van der Waals surface area contributed by atoms with Crippen molar-refractivity contribution in [3.8, 4) is 17.2 Å². The summed E-state index contributed by atoms with van der Waals surface area (Å²) in [5.41, 5.74) is 0.596. The second-order valence-electron chi connectivity index (χ2n) is 14.6. The average molecular weight is 727 g/mol. The number of pyridine rings is 3. The van der Waals surface area contributed by atoms with Crippen LogP contribution >= 0.6 is 0 Å². The number of ether oxygens (including phenoxy) is 3. The summed E-state index contributed by atoms with van der Waals surface area (Å²) in [4.78, 5) is 65.5.